The summed E-state index contributed by atoms with van der Waals surface area (Å²) >= 11 is 3.49. The average Bonchev–Trinajstić information content (AvgIpc) is 3.08. The minimum Gasteiger partial charge on any atom is -0.484 e. The quantitative estimate of drug-likeness (QED) is 0.611. The van der Waals surface area contributed by atoms with Crippen LogP contribution in [0.3, 0.4) is 0 Å². The Morgan fingerprint density at radius 2 is 2.04 bits per heavy atom. The van der Waals surface area contributed by atoms with Crippen molar-refractivity contribution in [3.63, 3.8) is 0 Å². The number of halogens is 1. The molecule has 3 rings (SSSR count). The summed E-state index contributed by atoms with van der Waals surface area (Å²) in [7, 11) is 1.75. The number of amides is 1. The first-order valence-electron chi connectivity index (χ1n) is 8.04. The van der Waals surface area contributed by atoms with Gasteiger partial charge in [-0.2, -0.15) is 4.98 Å². The molecule has 1 aromatic heterocycles. The van der Waals surface area contributed by atoms with Crippen LogP contribution in [0.2, 0.25) is 0 Å². The van der Waals surface area contributed by atoms with E-state index in [0.29, 0.717) is 24.0 Å². The first-order chi connectivity index (χ1) is 12.5. The van der Waals surface area contributed by atoms with E-state index in [-0.39, 0.29) is 12.5 Å². The summed E-state index contributed by atoms with van der Waals surface area (Å²) in [4.78, 5) is 18.2. The highest BCUT2D eigenvalue weighted by molar-refractivity contribution is 9.10. The van der Waals surface area contributed by atoms with Gasteiger partial charge in [0.25, 0.3) is 5.91 Å². The lowest BCUT2D eigenvalue weighted by Gasteiger charge is -2.18. The Hall–Kier alpha value is -2.67. The second kappa shape index (κ2) is 8.14. The van der Waals surface area contributed by atoms with Gasteiger partial charge in [0.15, 0.2) is 6.61 Å². The molecule has 0 bridgehead atoms. The summed E-state index contributed by atoms with van der Waals surface area (Å²) in [5.41, 5.74) is 1.81. The monoisotopic (exact) mass is 415 g/mol. The van der Waals surface area contributed by atoms with Crippen LogP contribution < -0.4 is 4.74 Å². The van der Waals surface area contributed by atoms with Crippen LogP contribution in [0.4, 0.5) is 0 Å². The van der Waals surface area contributed by atoms with Crippen molar-refractivity contribution in [1.82, 2.24) is 15.0 Å². The number of hydrogen-bond donors (Lipinski definition) is 0. The van der Waals surface area contributed by atoms with Crippen molar-refractivity contribution in [2.75, 3.05) is 13.7 Å². The van der Waals surface area contributed by atoms with Crippen LogP contribution in [-0.2, 0) is 11.3 Å². The molecule has 1 heterocycles. The lowest BCUT2D eigenvalue weighted by molar-refractivity contribution is -0.132. The number of carbonyl (C=O) groups excluding carboxylic acids is 1. The van der Waals surface area contributed by atoms with Gasteiger partial charge in [-0.05, 0) is 23.8 Å². The molecular formula is C19H18BrN3O3. The minimum absolute atomic E-state index is 0.0460. The summed E-state index contributed by atoms with van der Waals surface area (Å²) in [6.45, 7) is 2.19. The SMILES string of the molecule is Cc1nc(-c2cccc(OCC(=O)N(C)Cc3ccccc3Br)c2)no1. The molecule has 0 saturated carbocycles. The highest BCUT2D eigenvalue weighted by Crippen LogP contribution is 2.22. The fourth-order valence-corrected chi connectivity index (χ4v) is 2.78. The van der Waals surface area contributed by atoms with Crippen LogP contribution in [-0.4, -0.2) is 34.6 Å². The van der Waals surface area contributed by atoms with Gasteiger partial charge in [0.1, 0.15) is 5.75 Å². The first-order valence-corrected chi connectivity index (χ1v) is 8.83. The number of benzene rings is 2. The third-order valence-corrected chi connectivity index (χ3v) is 4.55. The van der Waals surface area contributed by atoms with Crippen molar-refractivity contribution >= 4 is 21.8 Å². The van der Waals surface area contributed by atoms with Gasteiger partial charge in [-0.25, -0.2) is 0 Å². The fraction of sp³-hybridized carbons (Fsp3) is 0.211. The molecule has 0 aliphatic heterocycles. The molecule has 2 aromatic carbocycles. The Labute approximate surface area is 159 Å². The van der Waals surface area contributed by atoms with Gasteiger partial charge in [-0.15, -0.1) is 0 Å². The molecule has 0 aliphatic carbocycles. The molecule has 1 amide bonds. The molecule has 134 valence electrons. The summed E-state index contributed by atoms with van der Waals surface area (Å²) in [6, 6.07) is 15.1. The Morgan fingerprint density at radius 1 is 1.23 bits per heavy atom. The average molecular weight is 416 g/mol. The van der Waals surface area contributed by atoms with Gasteiger partial charge in [0.05, 0.1) is 0 Å². The Morgan fingerprint density at radius 3 is 2.77 bits per heavy atom. The Bertz CT molecular complexity index is 910. The largest absolute Gasteiger partial charge is 0.484 e. The maximum absolute atomic E-state index is 12.3. The predicted molar refractivity (Wildman–Crippen MR) is 101 cm³/mol. The standard InChI is InChI=1S/C19H18BrN3O3/c1-13-21-19(22-26-13)14-7-5-8-16(10-14)25-12-18(24)23(2)11-15-6-3-4-9-17(15)20/h3-10H,11-12H2,1-2H3. The molecule has 7 heteroatoms. The van der Waals surface area contributed by atoms with Gasteiger partial charge in [0, 0.05) is 30.6 Å². The van der Waals surface area contributed by atoms with Crippen molar-refractivity contribution in [1.29, 1.82) is 0 Å². The lowest BCUT2D eigenvalue weighted by Crippen LogP contribution is -2.31. The van der Waals surface area contributed by atoms with Crippen molar-refractivity contribution in [2.24, 2.45) is 0 Å². The summed E-state index contributed by atoms with van der Waals surface area (Å²) < 4.78 is 11.6. The molecule has 0 N–H and O–H groups in total. The van der Waals surface area contributed by atoms with Crippen molar-refractivity contribution < 1.29 is 14.1 Å². The van der Waals surface area contributed by atoms with E-state index in [2.05, 4.69) is 26.1 Å². The lowest BCUT2D eigenvalue weighted by atomic mass is 10.2. The van der Waals surface area contributed by atoms with Crippen LogP contribution in [0.1, 0.15) is 11.5 Å². The number of rotatable bonds is 6. The zero-order valence-electron chi connectivity index (χ0n) is 14.5. The predicted octanol–water partition coefficient (Wildman–Crippen LogP) is 3.84. The van der Waals surface area contributed by atoms with Crippen LogP contribution in [0.15, 0.2) is 57.5 Å². The number of hydrogen-bond acceptors (Lipinski definition) is 5. The molecular weight excluding hydrogens is 398 g/mol. The number of carbonyl (C=O) groups is 1. The minimum atomic E-state index is -0.110. The van der Waals surface area contributed by atoms with Gasteiger partial charge in [-0.1, -0.05) is 51.4 Å². The zero-order valence-corrected chi connectivity index (χ0v) is 16.1. The van der Waals surface area contributed by atoms with E-state index in [0.717, 1.165) is 15.6 Å². The van der Waals surface area contributed by atoms with E-state index in [4.69, 9.17) is 9.26 Å². The Balaban J connectivity index is 1.60. The maximum Gasteiger partial charge on any atom is 0.260 e. The van der Waals surface area contributed by atoms with E-state index in [1.807, 2.05) is 36.4 Å². The fourth-order valence-electron chi connectivity index (χ4n) is 2.37. The van der Waals surface area contributed by atoms with E-state index < -0.39 is 0 Å². The van der Waals surface area contributed by atoms with E-state index >= 15 is 0 Å². The number of aromatic nitrogens is 2. The highest BCUT2D eigenvalue weighted by atomic mass is 79.9. The van der Waals surface area contributed by atoms with E-state index in [1.165, 1.54) is 0 Å². The summed E-state index contributed by atoms with van der Waals surface area (Å²) in [6.07, 6.45) is 0. The smallest absolute Gasteiger partial charge is 0.260 e. The second-order valence-corrected chi connectivity index (χ2v) is 6.65. The number of ether oxygens (including phenoxy) is 1. The molecule has 0 spiro atoms. The molecule has 0 saturated heterocycles. The van der Waals surface area contributed by atoms with Gasteiger partial charge < -0.3 is 14.2 Å². The summed E-state index contributed by atoms with van der Waals surface area (Å²) in [5.74, 6) is 1.45. The second-order valence-electron chi connectivity index (χ2n) is 5.79. The molecule has 0 atom stereocenters. The van der Waals surface area contributed by atoms with Gasteiger partial charge >= 0.3 is 0 Å². The molecule has 0 radical (unpaired) electrons. The molecule has 0 fully saturated rings. The van der Waals surface area contributed by atoms with Crippen LogP contribution >= 0.6 is 15.9 Å². The summed E-state index contributed by atoms with van der Waals surface area (Å²) in [5, 5.41) is 3.88. The third-order valence-electron chi connectivity index (χ3n) is 3.77. The zero-order chi connectivity index (χ0) is 18.5. The topological polar surface area (TPSA) is 68.5 Å². The number of likely N-dealkylation sites (N-methyl/N-ethyl adjacent to an activating group) is 1. The highest BCUT2D eigenvalue weighted by Gasteiger charge is 2.12. The van der Waals surface area contributed by atoms with Crippen molar-refractivity contribution in [3.8, 4) is 17.1 Å². The Kier molecular flexibility index (Phi) is 5.68. The normalized spacial score (nSPS) is 10.6. The number of aryl methyl sites for hydroxylation is 1. The molecule has 0 aliphatic rings. The molecule has 26 heavy (non-hydrogen) atoms. The molecule has 3 aromatic rings. The first kappa shape index (κ1) is 18.1. The van der Waals surface area contributed by atoms with Gasteiger partial charge in [-0.3, -0.25) is 4.79 Å². The molecule has 0 unspecified atom stereocenters. The van der Waals surface area contributed by atoms with Crippen LogP contribution in [0.5, 0.6) is 5.75 Å². The number of nitrogens with zero attached hydrogens (tertiary/aromatic N) is 3. The molecule has 6 nitrogen and oxygen atoms in total. The van der Waals surface area contributed by atoms with Crippen LogP contribution in [0, 0.1) is 6.92 Å². The third kappa shape index (κ3) is 4.49. The van der Waals surface area contributed by atoms with E-state index in [1.54, 1.807) is 31.0 Å². The maximum atomic E-state index is 12.3. The van der Waals surface area contributed by atoms with E-state index in [9.17, 15) is 4.79 Å². The van der Waals surface area contributed by atoms with Gasteiger partial charge in [0.2, 0.25) is 11.7 Å². The van der Waals surface area contributed by atoms with Crippen molar-refractivity contribution in [2.45, 2.75) is 13.5 Å². The van der Waals surface area contributed by atoms with Crippen LogP contribution in [0.25, 0.3) is 11.4 Å². The van der Waals surface area contributed by atoms with Crippen molar-refractivity contribution in [3.05, 3.63) is 64.5 Å².